The molecule has 20 heavy (non-hydrogen) atoms. The fourth-order valence-electron chi connectivity index (χ4n) is 1.94. The zero-order chi connectivity index (χ0) is 14.9. The lowest BCUT2D eigenvalue weighted by molar-refractivity contribution is -0.137. The Balaban J connectivity index is 2.30. The van der Waals surface area contributed by atoms with Crippen LogP contribution in [-0.4, -0.2) is 0 Å². The molecule has 0 radical (unpaired) electrons. The number of hydrogen-bond donors (Lipinski definition) is 1. The zero-order valence-corrected chi connectivity index (χ0v) is 11.1. The van der Waals surface area contributed by atoms with Crippen molar-refractivity contribution >= 4 is 5.69 Å². The zero-order valence-electron chi connectivity index (χ0n) is 11.1. The molecule has 2 rings (SSSR count). The maximum Gasteiger partial charge on any atom is 0.416 e. The monoisotopic (exact) mass is 281 g/mol. The molecule has 0 heterocycles. The number of anilines is 1. The van der Waals surface area contributed by atoms with Crippen molar-refractivity contribution in [3.8, 4) is 11.5 Å². The molecule has 2 aromatic carbocycles. The van der Waals surface area contributed by atoms with Crippen LogP contribution < -0.4 is 10.5 Å². The molecule has 0 fully saturated rings. The second-order valence-electron chi connectivity index (χ2n) is 4.68. The maximum atomic E-state index is 12.5. The van der Waals surface area contributed by atoms with Crippen molar-refractivity contribution in [1.29, 1.82) is 0 Å². The van der Waals surface area contributed by atoms with Gasteiger partial charge in [0, 0.05) is 0 Å². The SMILES string of the molecule is Cc1cc(C)cc(Oc2ccc(C(F)(F)F)cc2N)c1. The summed E-state index contributed by atoms with van der Waals surface area (Å²) < 4.78 is 43.2. The first-order chi connectivity index (χ1) is 9.25. The van der Waals surface area contributed by atoms with Crippen LogP contribution in [0.25, 0.3) is 0 Å². The van der Waals surface area contributed by atoms with Gasteiger partial charge in [0.1, 0.15) is 11.5 Å². The predicted molar refractivity (Wildman–Crippen MR) is 71.8 cm³/mol. The molecule has 0 aliphatic carbocycles. The summed E-state index contributed by atoms with van der Waals surface area (Å²) in [5, 5.41) is 0. The second-order valence-corrected chi connectivity index (χ2v) is 4.68. The van der Waals surface area contributed by atoms with Crippen molar-refractivity contribution in [3.63, 3.8) is 0 Å². The molecule has 2 N–H and O–H groups in total. The van der Waals surface area contributed by atoms with Gasteiger partial charge in [-0.2, -0.15) is 13.2 Å². The summed E-state index contributed by atoms with van der Waals surface area (Å²) in [5.41, 5.74) is 6.80. The summed E-state index contributed by atoms with van der Waals surface area (Å²) in [7, 11) is 0. The summed E-state index contributed by atoms with van der Waals surface area (Å²) in [6.07, 6.45) is -4.41. The quantitative estimate of drug-likeness (QED) is 0.810. The molecule has 106 valence electrons. The minimum Gasteiger partial charge on any atom is -0.455 e. The van der Waals surface area contributed by atoms with Crippen LogP contribution in [0.2, 0.25) is 0 Å². The smallest absolute Gasteiger partial charge is 0.416 e. The second kappa shape index (κ2) is 5.07. The summed E-state index contributed by atoms with van der Waals surface area (Å²) in [4.78, 5) is 0. The Morgan fingerprint density at radius 3 is 2.05 bits per heavy atom. The highest BCUT2D eigenvalue weighted by Crippen LogP contribution is 2.35. The van der Waals surface area contributed by atoms with Gasteiger partial charge in [0.15, 0.2) is 0 Å². The Bertz CT molecular complexity index is 615. The Hall–Kier alpha value is -2.17. The van der Waals surface area contributed by atoms with Gasteiger partial charge in [-0.25, -0.2) is 0 Å². The largest absolute Gasteiger partial charge is 0.455 e. The minimum atomic E-state index is -4.41. The van der Waals surface area contributed by atoms with Crippen LogP contribution in [0.3, 0.4) is 0 Å². The third kappa shape index (κ3) is 3.23. The summed E-state index contributed by atoms with van der Waals surface area (Å²) in [6.45, 7) is 3.83. The molecule has 0 spiro atoms. The standard InChI is InChI=1S/C15H14F3NO/c1-9-5-10(2)7-12(6-9)20-14-4-3-11(8-13(14)19)15(16,17)18/h3-8H,19H2,1-2H3. The van der Waals surface area contributed by atoms with E-state index in [0.717, 1.165) is 23.3 Å². The number of hydrogen-bond acceptors (Lipinski definition) is 2. The molecular weight excluding hydrogens is 267 g/mol. The molecule has 0 aromatic heterocycles. The minimum absolute atomic E-state index is 0.0426. The number of rotatable bonds is 2. The van der Waals surface area contributed by atoms with Crippen molar-refractivity contribution < 1.29 is 17.9 Å². The Labute approximate surface area is 115 Å². The van der Waals surface area contributed by atoms with E-state index < -0.39 is 11.7 Å². The van der Waals surface area contributed by atoms with Crippen molar-refractivity contribution in [2.45, 2.75) is 20.0 Å². The van der Waals surface area contributed by atoms with Gasteiger partial charge in [-0.3, -0.25) is 0 Å². The normalized spacial score (nSPS) is 11.4. The Morgan fingerprint density at radius 2 is 1.55 bits per heavy atom. The van der Waals surface area contributed by atoms with Gasteiger partial charge in [-0.15, -0.1) is 0 Å². The van der Waals surface area contributed by atoms with E-state index in [1.807, 2.05) is 19.9 Å². The van der Waals surface area contributed by atoms with E-state index in [2.05, 4.69) is 0 Å². The molecule has 2 nitrogen and oxygen atoms in total. The molecule has 0 saturated carbocycles. The third-order valence-corrected chi connectivity index (χ3v) is 2.76. The Morgan fingerprint density at radius 1 is 0.950 bits per heavy atom. The lowest BCUT2D eigenvalue weighted by Crippen LogP contribution is -2.06. The molecule has 5 heteroatoms. The van der Waals surface area contributed by atoms with E-state index in [-0.39, 0.29) is 11.4 Å². The van der Waals surface area contributed by atoms with Crippen LogP contribution in [0.5, 0.6) is 11.5 Å². The molecular formula is C15H14F3NO. The molecule has 0 aliphatic rings. The van der Waals surface area contributed by atoms with Gasteiger partial charge in [0.25, 0.3) is 0 Å². The first-order valence-corrected chi connectivity index (χ1v) is 5.98. The van der Waals surface area contributed by atoms with E-state index in [0.29, 0.717) is 5.75 Å². The molecule has 0 aliphatic heterocycles. The molecule has 0 unspecified atom stereocenters. The summed E-state index contributed by atoms with van der Waals surface area (Å²) in [5.74, 6) is 0.761. The lowest BCUT2D eigenvalue weighted by atomic mass is 10.1. The molecule has 2 aromatic rings. The van der Waals surface area contributed by atoms with Crippen LogP contribution >= 0.6 is 0 Å². The highest BCUT2D eigenvalue weighted by Gasteiger charge is 2.30. The van der Waals surface area contributed by atoms with Crippen molar-refractivity contribution in [2.24, 2.45) is 0 Å². The van der Waals surface area contributed by atoms with Gasteiger partial charge in [0.2, 0.25) is 0 Å². The fraction of sp³-hybridized carbons (Fsp3) is 0.200. The van der Waals surface area contributed by atoms with Gasteiger partial charge < -0.3 is 10.5 Å². The molecule has 0 saturated heterocycles. The third-order valence-electron chi connectivity index (χ3n) is 2.76. The number of ether oxygens (including phenoxy) is 1. The van der Waals surface area contributed by atoms with E-state index in [4.69, 9.17) is 10.5 Å². The first-order valence-electron chi connectivity index (χ1n) is 5.98. The van der Waals surface area contributed by atoms with Gasteiger partial charge >= 0.3 is 6.18 Å². The van der Waals surface area contributed by atoms with Gasteiger partial charge in [-0.1, -0.05) is 6.07 Å². The summed E-state index contributed by atoms with van der Waals surface area (Å²) >= 11 is 0. The molecule has 0 amide bonds. The number of nitrogens with two attached hydrogens (primary N) is 1. The lowest BCUT2D eigenvalue weighted by Gasteiger charge is -2.12. The highest BCUT2D eigenvalue weighted by molar-refractivity contribution is 5.56. The molecule has 0 atom stereocenters. The fourth-order valence-corrected chi connectivity index (χ4v) is 1.94. The highest BCUT2D eigenvalue weighted by atomic mass is 19.4. The van der Waals surface area contributed by atoms with Crippen molar-refractivity contribution in [3.05, 3.63) is 53.1 Å². The van der Waals surface area contributed by atoms with Crippen LogP contribution in [0.15, 0.2) is 36.4 Å². The number of nitrogen functional groups attached to an aromatic ring is 1. The number of halogens is 3. The van der Waals surface area contributed by atoms with Crippen LogP contribution in [0.4, 0.5) is 18.9 Å². The van der Waals surface area contributed by atoms with E-state index in [1.54, 1.807) is 12.1 Å². The van der Waals surface area contributed by atoms with E-state index >= 15 is 0 Å². The van der Waals surface area contributed by atoms with E-state index in [9.17, 15) is 13.2 Å². The van der Waals surface area contributed by atoms with Gasteiger partial charge in [-0.05, 0) is 55.3 Å². The summed E-state index contributed by atoms with van der Waals surface area (Å²) in [6, 6.07) is 8.62. The Kier molecular flexibility index (Phi) is 3.61. The van der Waals surface area contributed by atoms with Crippen molar-refractivity contribution in [1.82, 2.24) is 0 Å². The van der Waals surface area contributed by atoms with Crippen LogP contribution in [0.1, 0.15) is 16.7 Å². The number of aryl methyl sites for hydroxylation is 2. The predicted octanol–water partition coefficient (Wildman–Crippen LogP) is 4.70. The average molecular weight is 281 g/mol. The number of benzene rings is 2. The van der Waals surface area contributed by atoms with Crippen LogP contribution in [0, 0.1) is 13.8 Å². The van der Waals surface area contributed by atoms with Gasteiger partial charge in [0.05, 0.1) is 11.3 Å². The first kappa shape index (κ1) is 14.2. The average Bonchev–Trinajstić information content (AvgIpc) is 2.29. The van der Waals surface area contributed by atoms with Crippen LogP contribution in [-0.2, 0) is 6.18 Å². The maximum absolute atomic E-state index is 12.5. The number of alkyl halides is 3. The molecule has 0 bridgehead atoms. The van der Waals surface area contributed by atoms with E-state index in [1.165, 1.54) is 6.07 Å². The van der Waals surface area contributed by atoms with Crippen molar-refractivity contribution in [2.75, 3.05) is 5.73 Å². The topological polar surface area (TPSA) is 35.2 Å².